The molecule has 6 nitrogen and oxygen atoms in total. The molecule has 0 unspecified atom stereocenters. The zero-order chi connectivity index (χ0) is 16.3. The minimum Gasteiger partial charge on any atom is -0.325 e. The van der Waals surface area contributed by atoms with Crippen LogP contribution >= 0.6 is 0 Å². The fourth-order valence-electron chi connectivity index (χ4n) is 1.75. The van der Waals surface area contributed by atoms with Gasteiger partial charge in [-0.25, -0.2) is 16.8 Å². The Bertz CT molecular complexity index is 754. The summed E-state index contributed by atoms with van der Waals surface area (Å²) in [4.78, 5) is -0.0521. The number of sulfone groups is 2. The number of nitriles is 1. The highest BCUT2D eigenvalue weighted by molar-refractivity contribution is 7.95. The van der Waals surface area contributed by atoms with Crippen molar-refractivity contribution in [2.45, 2.75) is 24.3 Å². The van der Waals surface area contributed by atoms with Gasteiger partial charge in [0, 0.05) is 5.54 Å². The standard InChI is InChI=1S/C13H18N2O4S2/c1-13(2,15)10-20(16,17)6-7-21(18,19)12-5-3-4-11(8-12)9-14/h3-5,8H,6-7,10,15H2,1-2H3. The highest BCUT2D eigenvalue weighted by Crippen LogP contribution is 2.14. The maximum atomic E-state index is 12.1. The van der Waals surface area contributed by atoms with Crippen LogP contribution in [0.2, 0.25) is 0 Å². The van der Waals surface area contributed by atoms with Gasteiger partial charge in [0.2, 0.25) is 0 Å². The van der Waals surface area contributed by atoms with E-state index in [0.717, 1.165) is 0 Å². The fraction of sp³-hybridized carbons (Fsp3) is 0.462. The zero-order valence-electron chi connectivity index (χ0n) is 11.9. The van der Waals surface area contributed by atoms with Crippen LogP contribution in [0.25, 0.3) is 0 Å². The molecule has 0 bridgehead atoms. The molecule has 0 amide bonds. The van der Waals surface area contributed by atoms with Gasteiger partial charge in [-0.3, -0.25) is 0 Å². The predicted octanol–water partition coefficient (Wildman–Crippen LogP) is 0.484. The van der Waals surface area contributed by atoms with Crippen LogP contribution in [0.4, 0.5) is 0 Å². The van der Waals surface area contributed by atoms with Crippen LogP contribution in [0.15, 0.2) is 29.2 Å². The molecule has 2 N–H and O–H groups in total. The van der Waals surface area contributed by atoms with Crippen LogP contribution < -0.4 is 5.73 Å². The zero-order valence-corrected chi connectivity index (χ0v) is 13.5. The van der Waals surface area contributed by atoms with Crippen LogP contribution in [0.1, 0.15) is 19.4 Å². The van der Waals surface area contributed by atoms with E-state index in [-0.39, 0.29) is 16.2 Å². The Hall–Kier alpha value is -1.43. The molecule has 0 saturated heterocycles. The lowest BCUT2D eigenvalue weighted by Crippen LogP contribution is -2.41. The fourth-order valence-corrected chi connectivity index (χ4v) is 5.75. The molecule has 0 aliphatic carbocycles. The summed E-state index contributed by atoms with van der Waals surface area (Å²) < 4.78 is 47.9. The van der Waals surface area contributed by atoms with Crippen molar-refractivity contribution in [2.75, 3.05) is 17.3 Å². The van der Waals surface area contributed by atoms with E-state index in [9.17, 15) is 16.8 Å². The predicted molar refractivity (Wildman–Crippen MR) is 80.1 cm³/mol. The molecular formula is C13H18N2O4S2. The molecule has 8 heteroatoms. The number of hydrogen-bond donors (Lipinski definition) is 1. The van der Waals surface area contributed by atoms with Gasteiger partial charge in [-0.1, -0.05) is 6.07 Å². The Morgan fingerprint density at radius 3 is 2.33 bits per heavy atom. The minimum absolute atomic E-state index is 0.0521. The van der Waals surface area contributed by atoms with E-state index in [0.29, 0.717) is 0 Å². The Labute approximate surface area is 125 Å². The maximum Gasteiger partial charge on any atom is 0.179 e. The topological polar surface area (TPSA) is 118 Å². The second-order valence-electron chi connectivity index (χ2n) is 5.54. The summed E-state index contributed by atoms with van der Waals surface area (Å²) in [5.74, 6) is -1.30. The molecule has 1 rings (SSSR count). The summed E-state index contributed by atoms with van der Waals surface area (Å²) >= 11 is 0. The number of nitrogens with zero attached hydrogens (tertiary/aromatic N) is 1. The molecule has 0 spiro atoms. The molecule has 1 aromatic carbocycles. The van der Waals surface area contributed by atoms with Crippen LogP contribution in [0.5, 0.6) is 0 Å². The van der Waals surface area contributed by atoms with E-state index in [1.807, 2.05) is 6.07 Å². The molecule has 1 aromatic rings. The Balaban J connectivity index is 2.90. The molecule has 0 fully saturated rings. The van der Waals surface area contributed by atoms with Gasteiger partial charge in [-0.15, -0.1) is 0 Å². The average Bonchev–Trinajstić information content (AvgIpc) is 2.34. The molecule has 21 heavy (non-hydrogen) atoms. The van der Waals surface area contributed by atoms with Gasteiger partial charge in [-0.2, -0.15) is 5.26 Å². The third-order valence-electron chi connectivity index (χ3n) is 2.58. The Morgan fingerprint density at radius 2 is 1.81 bits per heavy atom. The summed E-state index contributed by atoms with van der Waals surface area (Å²) in [5, 5.41) is 8.76. The third kappa shape index (κ3) is 5.83. The first-order valence-corrected chi connectivity index (χ1v) is 9.65. The Morgan fingerprint density at radius 1 is 1.19 bits per heavy atom. The maximum absolute atomic E-state index is 12.1. The summed E-state index contributed by atoms with van der Waals surface area (Å²) in [5.41, 5.74) is 4.94. The van der Waals surface area contributed by atoms with Crippen LogP contribution in [-0.4, -0.2) is 39.6 Å². The molecular weight excluding hydrogens is 312 g/mol. The molecule has 0 aromatic heterocycles. The summed E-state index contributed by atoms with van der Waals surface area (Å²) in [6.07, 6.45) is 0. The van der Waals surface area contributed by atoms with E-state index in [1.54, 1.807) is 13.8 Å². The molecule has 0 heterocycles. The number of benzene rings is 1. The molecule has 0 saturated carbocycles. The Kier molecular flexibility index (Phi) is 5.15. The van der Waals surface area contributed by atoms with Crippen LogP contribution in [0.3, 0.4) is 0 Å². The SMILES string of the molecule is CC(C)(N)CS(=O)(=O)CCS(=O)(=O)c1cccc(C#N)c1. The van der Waals surface area contributed by atoms with Gasteiger partial charge >= 0.3 is 0 Å². The van der Waals surface area contributed by atoms with Gasteiger partial charge < -0.3 is 5.73 Å². The molecule has 0 aliphatic rings. The second kappa shape index (κ2) is 6.13. The number of hydrogen-bond acceptors (Lipinski definition) is 6. The van der Waals surface area contributed by atoms with Crippen molar-refractivity contribution in [2.24, 2.45) is 5.73 Å². The third-order valence-corrected chi connectivity index (χ3v) is 6.56. The highest BCUT2D eigenvalue weighted by Gasteiger charge is 2.25. The molecule has 0 radical (unpaired) electrons. The van der Waals surface area contributed by atoms with E-state index >= 15 is 0 Å². The summed E-state index contributed by atoms with van der Waals surface area (Å²) in [6, 6.07) is 7.34. The van der Waals surface area contributed by atoms with Gasteiger partial charge in [0.15, 0.2) is 19.7 Å². The normalized spacial score (nSPS) is 12.9. The minimum atomic E-state index is -3.75. The first kappa shape index (κ1) is 17.6. The average molecular weight is 330 g/mol. The van der Waals surface area contributed by atoms with Crippen molar-refractivity contribution < 1.29 is 16.8 Å². The van der Waals surface area contributed by atoms with Gasteiger partial charge in [0.1, 0.15) is 0 Å². The van der Waals surface area contributed by atoms with E-state index in [1.165, 1.54) is 24.3 Å². The van der Waals surface area contributed by atoms with E-state index in [4.69, 9.17) is 11.0 Å². The van der Waals surface area contributed by atoms with Crippen molar-refractivity contribution in [1.82, 2.24) is 0 Å². The molecule has 0 aliphatic heterocycles. The smallest absolute Gasteiger partial charge is 0.179 e. The van der Waals surface area contributed by atoms with E-state index in [2.05, 4.69) is 0 Å². The quantitative estimate of drug-likeness (QED) is 0.810. The van der Waals surface area contributed by atoms with Crippen molar-refractivity contribution in [3.8, 4) is 6.07 Å². The lowest BCUT2D eigenvalue weighted by molar-refractivity contribution is 0.544. The largest absolute Gasteiger partial charge is 0.325 e. The second-order valence-corrected chi connectivity index (χ2v) is 9.83. The first-order valence-electron chi connectivity index (χ1n) is 6.17. The van der Waals surface area contributed by atoms with Gasteiger partial charge in [0.05, 0.1) is 33.8 Å². The van der Waals surface area contributed by atoms with Crippen molar-refractivity contribution in [3.05, 3.63) is 29.8 Å². The monoisotopic (exact) mass is 330 g/mol. The summed E-state index contributed by atoms with van der Waals surface area (Å²) in [6.45, 7) is 3.13. The first-order chi connectivity index (χ1) is 9.45. The highest BCUT2D eigenvalue weighted by atomic mass is 32.2. The van der Waals surface area contributed by atoms with Crippen molar-refractivity contribution in [3.63, 3.8) is 0 Å². The number of nitrogens with two attached hydrogens (primary N) is 1. The van der Waals surface area contributed by atoms with Crippen molar-refractivity contribution in [1.29, 1.82) is 5.26 Å². The lowest BCUT2D eigenvalue weighted by Gasteiger charge is -2.18. The lowest BCUT2D eigenvalue weighted by atomic mass is 10.1. The summed E-state index contributed by atoms with van der Waals surface area (Å²) in [7, 11) is -7.32. The van der Waals surface area contributed by atoms with Gasteiger partial charge in [0.25, 0.3) is 0 Å². The van der Waals surface area contributed by atoms with Crippen molar-refractivity contribution >= 4 is 19.7 Å². The van der Waals surface area contributed by atoms with Crippen LogP contribution in [0, 0.1) is 11.3 Å². The van der Waals surface area contributed by atoms with Crippen LogP contribution in [-0.2, 0) is 19.7 Å². The molecule has 116 valence electrons. The molecule has 0 atom stereocenters. The van der Waals surface area contributed by atoms with E-state index < -0.39 is 36.7 Å². The number of rotatable bonds is 6. The van der Waals surface area contributed by atoms with Gasteiger partial charge in [-0.05, 0) is 32.0 Å².